The molecule has 1 heterocycles. The number of nitriles is 2. The van der Waals surface area contributed by atoms with Crippen molar-refractivity contribution in [3.05, 3.63) is 46.6 Å². The van der Waals surface area contributed by atoms with Crippen LogP contribution in [0.1, 0.15) is 22.4 Å². The molecule has 4 nitrogen and oxygen atoms in total. The van der Waals surface area contributed by atoms with Crippen LogP contribution in [0.3, 0.4) is 0 Å². The van der Waals surface area contributed by atoms with Gasteiger partial charge in [0.25, 0.3) is 0 Å². The van der Waals surface area contributed by atoms with Gasteiger partial charge in [-0.3, -0.25) is 4.57 Å². The van der Waals surface area contributed by atoms with E-state index < -0.39 is 0 Å². The average molecular weight is 236 g/mol. The highest BCUT2D eigenvalue weighted by Crippen LogP contribution is 2.27. The van der Waals surface area contributed by atoms with E-state index in [9.17, 15) is 0 Å². The smallest absolute Gasteiger partial charge is 0.126 e. The Bertz CT molecular complexity index is 679. The van der Waals surface area contributed by atoms with Gasteiger partial charge >= 0.3 is 0 Å². The van der Waals surface area contributed by atoms with Crippen LogP contribution in [-0.2, 0) is 0 Å². The molecule has 18 heavy (non-hydrogen) atoms. The molecule has 0 spiro atoms. The molecule has 1 aromatic carbocycles. The third-order valence-corrected chi connectivity index (χ3v) is 3.12. The fourth-order valence-electron chi connectivity index (χ4n) is 1.99. The topological polar surface area (TPSA) is 78.5 Å². The van der Waals surface area contributed by atoms with Gasteiger partial charge in [0.05, 0.1) is 17.2 Å². The Balaban J connectivity index is 2.65. The van der Waals surface area contributed by atoms with Crippen molar-refractivity contribution < 1.29 is 0 Å². The number of hydrogen-bond donors (Lipinski definition) is 1. The molecule has 88 valence electrons. The van der Waals surface area contributed by atoms with Gasteiger partial charge in [0, 0.05) is 11.4 Å². The third-order valence-electron chi connectivity index (χ3n) is 3.12. The van der Waals surface area contributed by atoms with Gasteiger partial charge in [0.2, 0.25) is 0 Å². The number of aromatic nitrogens is 1. The zero-order valence-electron chi connectivity index (χ0n) is 10.2. The third kappa shape index (κ3) is 1.61. The Kier molecular flexibility index (Phi) is 2.79. The first-order valence-electron chi connectivity index (χ1n) is 5.48. The van der Waals surface area contributed by atoms with Crippen molar-refractivity contribution in [3.63, 3.8) is 0 Å². The molecule has 0 aliphatic carbocycles. The minimum Gasteiger partial charge on any atom is -0.384 e. The number of nitrogens with two attached hydrogens (primary N) is 1. The van der Waals surface area contributed by atoms with Crippen LogP contribution in [0.4, 0.5) is 5.82 Å². The first-order chi connectivity index (χ1) is 8.60. The van der Waals surface area contributed by atoms with Gasteiger partial charge in [0.15, 0.2) is 0 Å². The summed E-state index contributed by atoms with van der Waals surface area (Å²) in [6, 6.07) is 11.3. The van der Waals surface area contributed by atoms with E-state index in [2.05, 4.69) is 12.1 Å². The fourth-order valence-corrected chi connectivity index (χ4v) is 1.99. The summed E-state index contributed by atoms with van der Waals surface area (Å²) in [6.07, 6.45) is 0. The minimum atomic E-state index is 0.442. The second-order valence-electron chi connectivity index (χ2n) is 4.08. The summed E-state index contributed by atoms with van der Waals surface area (Å²) in [5, 5.41) is 17.8. The molecular weight excluding hydrogens is 224 g/mol. The van der Waals surface area contributed by atoms with Gasteiger partial charge in [-0.05, 0) is 43.7 Å². The second-order valence-corrected chi connectivity index (χ2v) is 4.08. The van der Waals surface area contributed by atoms with E-state index in [1.807, 2.05) is 30.5 Å². The van der Waals surface area contributed by atoms with Crippen LogP contribution in [0.5, 0.6) is 0 Å². The summed E-state index contributed by atoms with van der Waals surface area (Å²) in [6.45, 7) is 3.80. The SMILES string of the molecule is Cc1c(C#N)c(N)n(-c2ccc(C#N)cc2)c1C. The summed E-state index contributed by atoms with van der Waals surface area (Å²) in [5.41, 5.74) is 9.78. The van der Waals surface area contributed by atoms with E-state index in [0.717, 1.165) is 16.9 Å². The lowest BCUT2D eigenvalue weighted by molar-refractivity contribution is 1.02. The van der Waals surface area contributed by atoms with Crippen molar-refractivity contribution in [1.29, 1.82) is 10.5 Å². The summed E-state index contributed by atoms with van der Waals surface area (Å²) in [7, 11) is 0. The number of hydrogen-bond acceptors (Lipinski definition) is 3. The molecule has 0 amide bonds. The Morgan fingerprint density at radius 2 is 1.67 bits per heavy atom. The quantitative estimate of drug-likeness (QED) is 0.825. The maximum absolute atomic E-state index is 9.08. The largest absolute Gasteiger partial charge is 0.384 e. The van der Waals surface area contributed by atoms with E-state index in [1.165, 1.54) is 0 Å². The van der Waals surface area contributed by atoms with Crippen LogP contribution in [0.2, 0.25) is 0 Å². The van der Waals surface area contributed by atoms with E-state index >= 15 is 0 Å². The number of nitrogens with zero attached hydrogens (tertiary/aromatic N) is 3. The molecule has 0 bridgehead atoms. The molecule has 0 unspecified atom stereocenters. The Morgan fingerprint density at radius 3 is 2.11 bits per heavy atom. The van der Waals surface area contributed by atoms with Crippen molar-refractivity contribution in [2.24, 2.45) is 0 Å². The maximum atomic E-state index is 9.08. The van der Waals surface area contributed by atoms with Crippen LogP contribution in [0.15, 0.2) is 24.3 Å². The van der Waals surface area contributed by atoms with Gasteiger partial charge in [-0.15, -0.1) is 0 Å². The lowest BCUT2D eigenvalue weighted by Crippen LogP contribution is -2.02. The highest BCUT2D eigenvalue weighted by atomic mass is 15.1. The fraction of sp³-hybridized carbons (Fsp3) is 0.143. The summed E-state index contributed by atoms with van der Waals surface area (Å²) < 4.78 is 1.83. The average Bonchev–Trinajstić information content (AvgIpc) is 2.60. The molecule has 0 atom stereocenters. The van der Waals surface area contributed by atoms with Crippen molar-refractivity contribution in [2.75, 3.05) is 5.73 Å². The maximum Gasteiger partial charge on any atom is 0.126 e. The number of rotatable bonds is 1. The van der Waals surface area contributed by atoms with E-state index in [4.69, 9.17) is 16.3 Å². The van der Waals surface area contributed by atoms with Gasteiger partial charge < -0.3 is 5.73 Å². The normalized spacial score (nSPS) is 9.78. The van der Waals surface area contributed by atoms with Crippen LogP contribution in [-0.4, -0.2) is 4.57 Å². The van der Waals surface area contributed by atoms with Crippen LogP contribution in [0, 0.1) is 36.5 Å². The van der Waals surface area contributed by atoms with Crippen molar-refractivity contribution in [3.8, 4) is 17.8 Å². The Hall–Kier alpha value is -2.72. The lowest BCUT2D eigenvalue weighted by atomic mass is 10.2. The Labute approximate surface area is 105 Å². The first kappa shape index (κ1) is 11.8. The van der Waals surface area contributed by atoms with E-state index in [1.54, 1.807) is 12.1 Å². The van der Waals surface area contributed by atoms with Crippen LogP contribution >= 0.6 is 0 Å². The molecule has 0 radical (unpaired) electrons. The zero-order valence-corrected chi connectivity index (χ0v) is 10.2. The molecule has 0 aliphatic rings. The summed E-state index contributed by atoms with van der Waals surface area (Å²) in [4.78, 5) is 0. The van der Waals surface area contributed by atoms with Crippen molar-refractivity contribution in [2.45, 2.75) is 13.8 Å². The zero-order chi connectivity index (χ0) is 13.3. The van der Waals surface area contributed by atoms with E-state index in [-0.39, 0.29) is 0 Å². The standard InChI is InChI=1S/C14H12N4/c1-9-10(2)18(14(17)13(9)8-16)12-5-3-11(7-15)4-6-12/h3-6H,17H2,1-2H3. The Morgan fingerprint density at radius 1 is 1.06 bits per heavy atom. The van der Waals surface area contributed by atoms with Crippen LogP contribution < -0.4 is 5.73 Å². The molecular formula is C14H12N4. The van der Waals surface area contributed by atoms with Crippen molar-refractivity contribution in [1.82, 2.24) is 4.57 Å². The van der Waals surface area contributed by atoms with Crippen LogP contribution in [0.25, 0.3) is 5.69 Å². The highest BCUT2D eigenvalue weighted by molar-refractivity contribution is 5.62. The monoisotopic (exact) mass is 236 g/mol. The molecule has 2 N–H and O–H groups in total. The number of anilines is 1. The minimum absolute atomic E-state index is 0.442. The van der Waals surface area contributed by atoms with E-state index in [0.29, 0.717) is 16.9 Å². The van der Waals surface area contributed by atoms with Gasteiger partial charge in [-0.1, -0.05) is 0 Å². The second kappa shape index (κ2) is 4.27. The highest BCUT2D eigenvalue weighted by Gasteiger charge is 2.15. The molecule has 0 saturated carbocycles. The van der Waals surface area contributed by atoms with Gasteiger partial charge in [-0.25, -0.2) is 0 Å². The molecule has 0 fully saturated rings. The molecule has 2 aromatic rings. The van der Waals surface area contributed by atoms with Crippen molar-refractivity contribution >= 4 is 5.82 Å². The molecule has 1 aromatic heterocycles. The summed E-state index contributed by atoms with van der Waals surface area (Å²) in [5.74, 6) is 0.442. The molecule has 4 heteroatoms. The first-order valence-corrected chi connectivity index (χ1v) is 5.48. The number of benzene rings is 1. The summed E-state index contributed by atoms with van der Waals surface area (Å²) >= 11 is 0. The number of nitrogen functional groups attached to an aromatic ring is 1. The predicted octanol–water partition coefficient (Wildman–Crippen LogP) is 2.42. The predicted molar refractivity (Wildman–Crippen MR) is 69.1 cm³/mol. The molecule has 0 saturated heterocycles. The molecule has 0 aliphatic heterocycles. The van der Waals surface area contributed by atoms with Gasteiger partial charge in [0.1, 0.15) is 11.9 Å². The molecule has 2 rings (SSSR count). The lowest BCUT2D eigenvalue weighted by Gasteiger charge is -2.08. The van der Waals surface area contributed by atoms with Gasteiger partial charge in [-0.2, -0.15) is 10.5 Å².